The molecule has 1 aliphatic rings. The van der Waals surface area contributed by atoms with Crippen LogP contribution in [0.5, 0.6) is 0 Å². The molecular weight excluding hydrogens is 412 g/mol. The Balaban J connectivity index is 1.76. The summed E-state index contributed by atoms with van der Waals surface area (Å²) in [6.07, 6.45) is 11.8. The lowest BCUT2D eigenvalue weighted by Crippen LogP contribution is -2.15. The van der Waals surface area contributed by atoms with Gasteiger partial charge in [0.15, 0.2) is 11.6 Å². The molecule has 31 heavy (non-hydrogen) atoms. The summed E-state index contributed by atoms with van der Waals surface area (Å²) in [5.74, 6) is 4.61. The number of aromatic nitrogens is 4. The zero-order valence-corrected chi connectivity index (χ0v) is 18.0. The van der Waals surface area contributed by atoms with Gasteiger partial charge >= 0.3 is 0 Å². The van der Waals surface area contributed by atoms with Crippen molar-refractivity contribution in [2.24, 2.45) is 5.14 Å². The predicted molar refractivity (Wildman–Crippen MR) is 119 cm³/mol. The largest absolute Gasteiger partial charge is 0.324 e. The van der Waals surface area contributed by atoms with E-state index >= 15 is 0 Å². The van der Waals surface area contributed by atoms with E-state index in [4.69, 9.17) is 11.6 Å². The molecule has 3 aromatic rings. The summed E-state index contributed by atoms with van der Waals surface area (Å²) in [6, 6.07) is 6.92. The third kappa shape index (κ3) is 4.60. The molecule has 160 valence electrons. The van der Waals surface area contributed by atoms with Crippen molar-refractivity contribution >= 4 is 21.7 Å². The van der Waals surface area contributed by atoms with Crippen molar-refractivity contribution in [2.45, 2.75) is 49.8 Å². The van der Waals surface area contributed by atoms with Crippen LogP contribution in [-0.4, -0.2) is 28.6 Å². The summed E-state index contributed by atoms with van der Waals surface area (Å²) < 4.78 is 24.3. The number of hydrogen-bond donors (Lipinski definition) is 3. The first-order valence-corrected chi connectivity index (χ1v) is 11.8. The maximum atomic E-state index is 12.2. The molecule has 0 amide bonds. The predicted octanol–water partition coefficient (Wildman–Crippen LogP) is 3.46. The Labute approximate surface area is 181 Å². The highest BCUT2D eigenvalue weighted by Gasteiger charge is 2.26. The summed E-state index contributed by atoms with van der Waals surface area (Å²) in [7, 11) is -3.88. The summed E-state index contributed by atoms with van der Waals surface area (Å²) in [4.78, 5) is 9.12. The molecule has 0 aliphatic heterocycles. The van der Waals surface area contributed by atoms with E-state index in [1.165, 1.54) is 6.07 Å². The van der Waals surface area contributed by atoms with Gasteiger partial charge in [-0.3, -0.25) is 5.10 Å². The molecule has 0 unspecified atom stereocenters. The topological polar surface area (TPSA) is 127 Å². The molecule has 4 N–H and O–H groups in total. The van der Waals surface area contributed by atoms with Crippen LogP contribution in [0.1, 0.15) is 55.3 Å². The van der Waals surface area contributed by atoms with Gasteiger partial charge < -0.3 is 5.32 Å². The van der Waals surface area contributed by atoms with E-state index in [1.807, 2.05) is 13.0 Å². The molecule has 1 saturated carbocycles. The van der Waals surface area contributed by atoms with Crippen LogP contribution in [-0.2, 0) is 16.4 Å². The van der Waals surface area contributed by atoms with Crippen molar-refractivity contribution in [3.63, 3.8) is 0 Å². The van der Waals surface area contributed by atoms with Gasteiger partial charge in [-0.1, -0.05) is 31.4 Å². The molecule has 4 rings (SSSR count). The normalized spacial score (nSPS) is 13.7. The smallest absolute Gasteiger partial charge is 0.238 e. The molecule has 0 bridgehead atoms. The summed E-state index contributed by atoms with van der Waals surface area (Å²) in [5.41, 5.74) is 2.74. The fourth-order valence-electron chi connectivity index (χ4n) is 3.48. The van der Waals surface area contributed by atoms with Crippen molar-refractivity contribution in [3.05, 3.63) is 47.3 Å². The number of benzene rings is 1. The lowest BCUT2D eigenvalue weighted by atomic mass is 10.0. The van der Waals surface area contributed by atoms with Crippen LogP contribution >= 0.6 is 0 Å². The second-order valence-corrected chi connectivity index (χ2v) is 9.17. The Kier molecular flexibility index (Phi) is 5.76. The van der Waals surface area contributed by atoms with Crippen molar-refractivity contribution in [2.75, 3.05) is 5.32 Å². The van der Waals surface area contributed by atoms with Gasteiger partial charge in [-0.25, -0.2) is 23.5 Å². The zero-order valence-electron chi connectivity index (χ0n) is 17.2. The Hall–Kier alpha value is -3.22. The number of terminal acetylenes is 1. The quantitative estimate of drug-likeness (QED) is 0.464. The molecule has 2 heterocycles. The third-order valence-corrected chi connectivity index (χ3v) is 6.25. The van der Waals surface area contributed by atoms with Crippen molar-refractivity contribution in [1.29, 1.82) is 0 Å². The Morgan fingerprint density at radius 1 is 1.35 bits per heavy atom. The first kappa shape index (κ1) is 21.0. The lowest BCUT2D eigenvalue weighted by molar-refractivity contribution is 0.596. The molecular formula is C22H24N6O2S. The van der Waals surface area contributed by atoms with Gasteiger partial charge in [0.1, 0.15) is 5.82 Å². The van der Waals surface area contributed by atoms with Crippen LogP contribution < -0.4 is 10.5 Å². The first-order chi connectivity index (χ1) is 14.9. The fraction of sp³-hybridized carbons (Fsp3) is 0.318. The summed E-state index contributed by atoms with van der Waals surface area (Å²) in [5, 5.41) is 16.0. The van der Waals surface area contributed by atoms with E-state index in [0.717, 1.165) is 31.4 Å². The van der Waals surface area contributed by atoms with Gasteiger partial charge in [0, 0.05) is 23.7 Å². The first-order valence-electron chi connectivity index (χ1n) is 10.2. The maximum absolute atomic E-state index is 12.2. The van der Waals surface area contributed by atoms with Crippen LogP contribution in [0.3, 0.4) is 0 Å². The SMILES string of the molecule is C#Cc1cnc(-c2cccc(S(N)(=O)=O)c2CCCC)nc1Nc1cc(C2CC2)n[nH]1. The average molecular weight is 437 g/mol. The summed E-state index contributed by atoms with van der Waals surface area (Å²) >= 11 is 0. The minimum atomic E-state index is -3.88. The van der Waals surface area contributed by atoms with Crippen LogP contribution in [0.15, 0.2) is 35.4 Å². The number of sulfonamides is 1. The van der Waals surface area contributed by atoms with E-state index in [1.54, 1.807) is 18.3 Å². The van der Waals surface area contributed by atoms with Gasteiger partial charge in [-0.15, -0.1) is 6.42 Å². The van der Waals surface area contributed by atoms with E-state index in [9.17, 15) is 8.42 Å². The lowest BCUT2D eigenvalue weighted by Gasteiger charge is -2.14. The van der Waals surface area contributed by atoms with Gasteiger partial charge in [0.25, 0.3) is 0 Å². The van der Waals surface area contributed by atoms with Crippen LogP contribution in [0.25, 0.3) is 11.4 Å². The van der Waals surface area contributed by atoms with Gasteiger partial charge in [-0.2, -0.15) is 5.10 Å². The van der Waals surface area contributed by atoms with E-state index in [2.05, 4.69) is 31.4 Å². The number of anilines is 2. The minimum absolute atomic E-state index is 0.0974. The van der Waals surface area contributed by atoms with Crippen LogP contribution in [0, 0.1) is 12.3 Å². The summed E-state index contributed by atoms with van der Waals surface area (Å²) in [6.45, 7) is 2.04. The van der Waals surface area contributed by atoms with Gasteiger partial charge in [-0.05, 0) is 37.3 Å². The number of rotatable bonds is 8. The average Bonchev–Trinajstić information content (AvgIpc) is 3.50. The molecule has 0 atom stereocenters. The molecule has 0 spiro atoms. The Morgan fingerprint density at radius 2 is 2.16 bits per heavy atom. The molecule has 0 radical (unpaired) electrons. The number of nitrogens with one attached hydrogen (secondary N) is 2. The molecule has 1 aliphatic carbocycles. The van der Waals surface area contributed by atoms with Crippen molar-refractivity contribution in [1.82, 2.24) is 20.2 Å². The number of aromatic amines is 1. The molecule has 1 aromatic carbocycles. The Morgan fingerprint density at radius 3 is 2.84 bits per heavy atom. The molecule has 1 fully saturated rings. The second-order valence-electron chi connectivity index (χ2n) is 7.64. The molecule has 9 heteroatoms. The van der Waals surface area contributed by atoms with Crippen molar-refractivity contribution in [3.8, 4) is 23.7 Å². The number of nitrogens with zero attached hydrogens (tertiary/aromatic N) is 3. The van der Waals surface area contributed by atoms with Gasteiger partial charge in [0.2, 0.25) is 10.0 Å². The molecule has 0 saturated heterocycles. The van der Waals surface area contributed by atoms with E-state index in [0.29, 0.717) is 46.5 Å². The number of hydrogen-bond acceptors (Lipinski definition) is 6. The number of unbranched alkanes of at least 4 members (excludes halogenated alkanes) is 1. The fourth-order valence-corrected chi connectivity index (χ4v) is 4.31. The molecule has 8 nitrogen and oxygen atoms in total. The minimum Gasteiger partial charge on any atom is -0.324 e. The highest BCUT2D eigenvalue weighted by atomic mass is 32.2. The number of primary sulfonamides is 1. The Bertz CT molecular complexity index is 1260. The highest BCUT2D eigenvalue weighted by molar-refractivity contribution is 7.89. The zero-order chi connectivity index (χ0) is 22.0. The third-order valence-electron chi connectivity index (χ3n) is 5.25. The van der Waals surface area contributed by atoms with Crippen LogP contribution in [0.4, 0.5) is 11.6 Å². The van der Waals surface area contributed by atoms with Crippen LogP contribution in [0.2, 0.25) is 0 Å². The van der Waals surface area contributed by atoms with Crippen molar-refractivity contribution < 1.29 is 8.42 Å². The highest BCUT2D eigenvalue weighted by Crippen LogP contribution is 2.39. The number of nitrogens with two attached hydrogens (primary N) is 1. The number of H-pyrrole nitrogens is 1. The second kappa shape index (κ2) is 8.49. The molecule has 2 aromatic heterocycles. The van der Waals surface area contributed by atoms with E-state index < -0.39 is 10.0 Å². The monoisotopic (exact) mass is 436 g/mol. The van der Waals surface area contributed by atoms with E-state index in [-0.39, 0.29) is 4.90 Å². The maximum Gasteiger partial charge on any atom is 0.238 e. The van der Waals surface area contributed by atoms with Gasteiger partial charge in [0.05, 0.1) is 16.2 Å². The standard InChI is InChI=1S/C22H24N6O2S/c1-3-5-7-16-17(8-6-9-19(16)31(23,29)30)22-24-13-14(4-2)21(26-22)25-20-12-18(27-28-20)15-10-11-15/h2,6,8-9,12-13,15H,3,5,7,10-11H2,1H3,(H2,23,29,30)(H2,24,25,26,27,28).